The van der Waals surface area contributed by atoms with Crippen molar-refractivity contribution in [3.05, 3.63) is 28.9 Å². The van der Waals surface area contributed by atoms with Gasteiger partial charge in [0.05, 0.1) is 30.0 Å². The van der Waals surface area contributed by atoms with Crippen LogP contribution in [0.15, 0.2) is 28.9 Å². The number of rotatable bonds is 5. The van der Waals surface area contributed by atoms with Crippen LogP contribution in [-0.4, -0.2) is 36.4 Å². The molecule has 7 heteroatoms. The van der Waals surface area contributed by atoms with Crippen LogP contribution in [0.3, 0.4) is 0 Å². The van der Waals surface area contributed by atoms with Gasteiger partial charge >= 0.3 is 0 Å². The van der Waals surface area contributed by atoms with Gasteiger partial charge in [-0.1, -0.05) is 0 Å². The van der Waals surface area contributed by atoms with E-state index in [1.165, 1.54) is 0 Å². The molecule has 2 rings (SSSR count). The monoisotopic (exact) mass is 352 g/mol. The van der Waals surface area contributed by atoms with E-state index in [2.05, 4.69) is 31.7 Å². The van der Waals surface area contributed by atoms with Gasteiger partial charge in [0.2, 0.25) is 5.91 Å². The minimum Gasteiger partial charge on any atom is -0.496 e. The summed E-state index contributed by atoms with van der Waals surface area (Å²) in [6.45, 7) is 0.261. The van der Waals surface area contributed by atoms with Gasteiger partial charge in [0.1, 0.15) is 5.75 Å². The maximum atomic E-state index is 11.7. The van der Waals surface area contributed by atoms with Crippen LogP contribution < -0.4 is 15.4 Å². The Balaban J connectivity index is 2.42. The highest BCUT2D eigenvalue weighted by Crippen LogP contribution is 2.36. The molecule has 0 unspecified atom stereocenters. The predicted molar refractivity (Wildman–Crippen MR) is 85.5 cm³/mol. The van der Waals surface area contributed by atoms with Gasteiger partial charge in [0.15, 0.2) is 0 Å². The summed E-state index contributed by atoms with van der Waals surface area (Å²) in [6.07, 6.45) is 1.72. The molecule has 112 valence electrons. The Kier molecular flexibility index (Phi) is 4.98. The Labute approximate surface area is 131 Å². The highest BCUT2D eigenvalue weighted by atomic mass is 79.9. The zero-order valence-electron chi connectivity index (χ0n) is 12.1. The third kappa shape index (κ3) is 3.43. The van der Waals surface area contributed by atoms with Crippen LogP contribution in [0.5, 0.6) is 5.75 Å². The Hall–Kier alpha value is -1.86. The number of amides is 1. The predicted octanol–water partition coefficient (Wildman–Crippen LogP) is 2.02. The van der Waals surface area contributed by atoms with Crippen molar-refractivity contribution in [2.45, 2.75) is 0 Å². The first-order valence-electron chi connectivity index (χ1n) is 6.37. The molecule has 1 heterocycles. The molecule has 1 aromatic heterocycles. The summed E-state index contributed by atoms with van der Waals surface area (Å²) in [4.78, 5) is 11.7. The van der Waals surface area contributed by atoms with E-state index in [4.69, 9.17) is 4.74 Å². The van der Waals surface area contributed by atoms with Gasteiger partial charge in [-0.25, -0.2) is 0 Å². The van der Waals surface area contributed by atoms with Gasteiger partial charge < -0.3 is 15.4 Å². The third-order valence-corrected chi connectivity index (χ3v) is 3.55. The van der Waals surface area contributed by atoms with Crippen molar-refractivity contribution in [3.63, 3.8) is 0 Å². The lowest BCUT2D eigenvalue weighted by atomic mass is 10.1. The number of aryl methyl sites for hydroxylation is 1. The van der Waals surface area contributed by atoms with Crippen LogP contribution in [-0.2, 0) is 11.8 Å². The maximum absolute atomic E-state index is 11.7. The second-order valence-corrected chi connectivity index (χ2v) is 5.31. The van der Waals surface area contributed by atoms with E-state index in [1.54, 1.807) is 31.1 Å². The van der Waals surface area contributed by atoms with Crippen LogP contribution in [0.1, 0.15) is 0 Å². The Bertz CT molecular complexity index is 635. The van der Waals surface area contributed by atoms with E-state index in [-0.39, 0.29) is 12.5 Å². The third-order valence-electron chi connectivity index (χ3n) is 2.97. The quantitative estimate of drug-likeness (QED) is 0.863. The van der Waals surface area contributed by atoms with E-state index >= 15 is 0 Å². The molecule has 6 nitrogen and oxygen atoms in total. The molecular formula is C14H17BrN4O2. The molecule has 2 aromatic rings. The average Bonchev–Trinajstić information content (AvgIpc) is 2.78. The largest absolute Gasteiger partial charge is 0.496 e. The molecule has 0 saturated heterocycles. The van der Waals surface area contributed by atoms with Gasteiger partial charge in [-0.2, -0.15) is 5.10 Å². The standard InChI is InChI=1S/C14H17BrN4O2/c1-16-8-13(20)18-9-4-5-12(21-3)10(6-9)14-11(15)7-17-19(14)2/h4-7,16H,8H2,1-3H3,(H,18,20). The number of anilines is 1. The summed E-state index contributed by atoms with van der Waals surface area (Å²) in [7, 11) is 5.19. The maximum Gasteiger partial charge on any atom is 0.238 e. The van der Waals surface area contributed by atoms with Crippen molar-refractivity contribution in [3.8, 4) is 17.0 Å². The Morgan fingerprint density at radius 2 is 2.24 bits per heavy atom. The summed E-state index contributed by atoms with van der Waals surface area (Å²) in [5.74, 6) is 0.614. The molecule has 0 atom stereocenters. The summed E-state index contributed by atoms with van der Waals surface area (Å²) >= 11 is 3.48. The first-order chi connectivity index (χ1) is 10.1. The summed E-state index contributed by atoms with van der Waals surface area (Å²) in [6, 6.07) is 5.50. The lowest BCUT2D eigenvalue weighted by Crippen LogP contribution is -2.25. The fourth-order valence-electron chi connectivity index (χ4n) is 2.05. The number of methoxy groups -OCH3 is 1. The van der Waals surface area contributed by atoms with Crippen LogP contribution in [0, 0.1) is 0 Å². The van der Waals surface area contributed by atoms with E-state index in [0.717, 1.165) is 15.7 Å². The second kappa shape index (κ2) is 6.73. The van der Waals surface area contributed by atoms with E-state index in [1.807, 2.05) is 19.2 Å². The number of benzene rings is 1. The molecule has 0 saturated carbocycles. The van der Waals surface area contributed by atoms with Crippen LogP contribution >= 0.6 is 15.9 Å². The first kappa shape index (κ1) is 15.5. The minimum absolute atomic E-state index is 0.0994. The molecule has 1 amide bonds. The molecule has 0 aliphatic heterocycles. The molecule has 1 aromatic carbocycles. The topological polar surface area (TPSA) is 68.2 Å². The number of nitrogens with one attached hydrogen (secondary N) is 2. The van der Waals surface area contributed by atoms with Gasteiger partial charge in [0, 0.05) is 18.3 Å². The van der Waals surface area contributed by atoms with Gasteiger partial charge in [-0.3, -0.25) is 9.48 Å². The second-order valence-electron chi connectivity index (χ2n) is 4.46. The number of ether oxygens (including phenoxy) is 1. The Morgan fingerprint density at radius 1 is 1.48 bits per heavy atom. The summed E-state index contributed by atoms with van der Waals surface area (Å²) in [5, 5.41) is 9.85. The molecule has 0 fully saturated rings. The molecule has 0 bridgehead atoms. The van der Waals surface area contributed by atoms with E-state index in [0.29, 0.717) is 11.4 Å². The SMILES string of the molecule is CNCC(=O)Nc1ccc(OC)c(-c2c(Br)cnn2C)c1. The highest BCUT2D eigenvalue weighted by molar-refractivity contribution is 9.10. The van der Waals surface area contributed by atoms with E-state index < -0.39 is 0 Å². The molecule has 0 aliphatic rings. The highest BCUT2D eigenvalue weighted by Gasteiger charge is 2.15. The number of hydrogen-bond donors (Lipinski definition) is 2. The van der Waals surface area contributed by atoms with Gasteiger partial charge in [0.25, 0.3) is 0 Å². The molecule has 0 aliphatic carbocycles. The molecule has 21 heavy (non-hydrogen) atoms. The van der Waals surface area contributed by atoms with Crippen molar-refractivity contribution < 1.29 is 9.53 Å². The number of halogens is 1. The lowest BCUT2D eigenvalue weighted by Gasteiger charge is -2.12. The minimum atomic E-state index is -0.0994. The van der Waals surface area contributed by atoms with Crippen molar-refractivity contribution >= 4 is 27.5 Å². The average molecular weight is 353 g/mol. The Morgan fingerprint density at radius 3 is 2.81 bits per heavy atom. The molecule has 0 spiro atoms. The van der Waals surface area contributed by atoms with Crippen LogP contribution in [0.2, 0.25) is 0 Å². The van der Waals surface area contributed by atoms with Crippen molar-refractivity contribution in [2.24, 2.45) is 7.05 Å². The van der Waals surface area contributed by atoms with Crippen molar-refractivity contribution in [1.82, 2.24) is 15.1 Å². The smallest absolute Gasteiger partial charge is 0.238 e. The van der Waals surface area contributed by atoms with Gasteiger partial charge in [-0.15, -0.1) is 0 Å². The normalized spacial score (nSPS) is 10.5. The van der Waals surface area contributed by atoms with Crippen LogP contribution in [0.25, 0.3) is 11.3 Å². The van der Waals surface area contributed by atoms with Crippen LogP contribution in [0.4, 0.5) is 5.69 Å². The van der Waals surface area contributed by atoms with Crippen molar-refractivity contribution in [2.75, 3.05) is 26.0 Å². The van der Waals surface area contributed by atoms with Gasteiger partial charge in [-0.05, 0) is 41.2 Å². The number of carbonyl (C=O) groups is 1. The number of carbonyl (C=O) groups excluding carboxylic acids is 1. The summed E-state index contributed by atoms with van der Waals surface area (Å²) < 4.78 is 8.01. The van der Waals surface area contributed by atoms with E-state index in [9.17, 15) is 4.79 Å². The zero-order valence-corrected chi connectivity index (χ0v) is 13.7. The number of likely N-dealkylation sites (N-methyl/N-ethyl adjacent to an activating group) is 1. The fraction of sp³-hybridized carbons (Fsp3) is 0.286. The molecular weight excluding hydrogens is 336 g/mol. The fourth-order valence-corrected chi connectivity index (χ4v) is 2.61. The lowest BCUT2D eigenvalue weighted by molar-refractivity contribution is -0.115. The van der Waals surface area contributed by atoms with Crippen molar-refractivity contribution in [1.29, 1.82) is 0 Å². The number of hydrogen-bond acceptors (Lipinski definition) is 4. The first-order valence-corrected chi connectivity index (χ1v) is 7.16. The molecule has 2 N–H and O–H groups in total. The number of nitrogens with zero attached hydrogens (tertiary/aromatic N) is 2. The summed E-state index contributed by atoms with van der Waals surface area (Å²) in [5.41, 5.74) is 2.45. The number of aromatic nitrogens is 2. The zero-order chi connectivity index (χ0) is 15.4. The molecule has 0 radical (unpaired) electrons.